The molecule has 19 heavy (non-hydrogen) atoms. The average Bonchev–Trinajstić information content (AvgIpc) is 2.39. The van der Waals surface area contributed by atoms with Crippen molar-refractivity contribution in [2.75, 3.05) is 26.2 Å². The Kier molecular flexibility index (Phi) is 4.85. The van der Waals surface area contributed by atoms with Gasteiger partial charge in [0.1, 0.15) is 0 Å². The average molecular weight is 278 g/mol. The second kappa shape index (κ2) is 6.41. The van der Waals surface area contributed by atoms with Crippen LogP contribution in [0, 0.1) is 6.92 Å². The van der Waals surface area contributed by atoms with E-state index in [1.807, 2.05) is 12.4 Å². The number of aryl methyl sites for hydroxylation is 1. The summed E-state index contributed by atoms with van der Waals surface area (Å²) in [5.41, 5.74) is 8.22. The van der Waals surface area contributed by atoms with E-state index in [0.717, 1.165) is 32.7 Å². The number of hydrogen-bond acceptors (Lipinski definition) is 4. The van der Waals surface area contributed by atoms with Gasteiger partial charge in [0.25, 0.3) is 0 Å². The molecule has 1 unspecified atom stereocenters. The van der Waals surface area contributed by atoms with Gasteiger partial charge in [-0.05, 0) is 25.0 Å². The van der Waals surface area contributed by atoms with Gasteiger partial charge in [0.2, 0.25) is 0 Å². The molecule has 1 aromatic heterocycles. The minimum Gasteiger partial charge on any atom is -0.392 e. The van der Waals surface area contributed by atoms with E-state index in [0.29, 0.717) is 4.99 Å². The van der Waals surface area contributed by atoms with Gasteiger partial charge >= 0.3 is 0 Å². The predicted octanol–water partition coefficient (Wildman–Crippen LogP) is 1.18. The fourth-order valence-electron chi connectivity index (χ4n) is 2.45. The summed E-state index contributed by atoms with van der Waals surface area (Å²) in [6.45, 7) is 9.31. The summed E-state index contributed by atoms with van der Waals surface area (Å²) in [5.74, 6) is 0. The van der Waals surface area contributed by atoms with Crippen LogP contribution in [0.3, 0.4) is 0 Å². The SMILES string of the molecule is Cc1cncc(CN2CCN(C(C)C(N)=S)CC2)c1. The first-order chi connectivity index (χ1) is 9.06. The summed E-state index contributed by atoms with van der Waals surface area (Å²) in [4.78, 5) is 9.65. The van der Waals surface area contributed by atoms with Crippen LogP contribution in [0.1, 0.15) is 18.1 Å². The van der Waals surface area contributed by atoms with Gasteiger partial charge in [0.15, 0.2) is 0 Å². The van der Waals surface area contributed by atoms with Crippen molar-refractivity contribution >= 4 is 17.2 Å². The number of piperazine rings is 1. The number of hydrogen-bond donors (Lipinski definition) is 1. The molecule has 0 aromatic carbocycles. The van der Waals surface area contributed by atoms with Crippen molar-refractivity contribution in [3.63, 3.8) is 0 Å². The molecule has 0 spiro atoms. The number of nitrogens with zero attached hydrogens (tertiary/aromatic N) is 3. The fraction of sp³-hybridized carbons (Fsp3) is 0.571. The second-order valence-electron chi connectivity index (χ2n) is 5.26. The van der Waals surface area contributed by atoms with Gasteiger partial charge < -0.3 is 5.73 Å². The van der Waals surface area contributed by atoms with Crippen LogP contribution in [-0.4, -0.2) is 52.0 Å². The quantitative estimate of drug-likeness (QED) is 0.838. The number of rotatable bonds is 4. The molecule has 0 radical (unpaired) electrons. The molecular weight excluding hydrogens is 256 g/mol. The Morgan fingerprint density at radius 2 is 2.05 bits per heavy atom. The lowest BCUT2D eigenvalue weighted by atomic mass is 10.2. The van der Waals surface area contributed by atoms with E-state index in [-0.39, 0.29) is 6.04 Å². The molecule has 0 saturated carbocycles. The molecule has 5 heteroatoms. The molecule has 1 aromatic rings. The molecule has 1 fully saturated rings. The van der Waals surface area contributed by atoms with Crippen LogP contribution in [0.5, 0.6) is 0 Å². The monoisotopic (exact) mass is 278 g/mol. The van der Waals surface area contributed by atoms with Crippen molar-refractivity contribution in [3.05, 3.63) is 29.6 Å². The van der Waals surface area contributed by atoms with Gasteiger partial charge in [-0.2, -0.15) is 0 Å². The van der Waals surface area contributed by atoms with Crippen molar-refractivity contribution in [1.82, 2.24) is 14.8 Å². The third-order valence-electron chi connectivity index (χ3n) is 3.70. The van der Waals surface area contributed by atoms with Crippen molar-refractivity contribution in [3.8, 4) is 0 Å². The highest BCUT2D eigenvalue weighted by molar-refractivity contribution is 7.80. The van der Waals surface area contributed by atoms with Gasteiger partial charge in [0, 0.05) is 45.1 Å². The van der Waals surface area contributed by atoms with Gasteiger partial charge in [-0.3, -0.25) is 14.8 Å². The van der Waals surface area contributed by atoms with E-state index in [9.17, 15) is 0 Å². The number of pyridine rings is 1. The van der Waals surface area contributed by atoms with Crippen LogP contribution in [0.15, 0.2) is 18.5 Å². The van der Waals surface area contributed by atoms with Crippen molar-refractivity contribution in [2.45, 2.75) is 26.4 Å². The highest BCUT2D eigenvalue weighted by Crippen LogP contribution is 2.11. The van der Waals surface area contributed by atoms with Crippen LogP contribution in [-0.2, 0) is 6.54 Å². The highest BCUT2D eigenvalue weighted by atomic mass is 32.1. The Morgan fingerprint density at radius 1 is 1.37 bits per heavy atom. The predicted molar refractivity (Wildman–Crippen MR) is 82.1 cm³/mol. The van der Waals surface area contributed by atoms with Gasteiger partial charge in [-0.1, -0.05) is 18.3 Å². The summed E-state index contributed by atoms with van der Waals surface area (Å²) in [6, 6.07) is 2.41. The molecular formula is C14H22N4S. The first kappa shape index (κ1) is 14.4. The maximum absolute atomic E-state index is 5.71. The second-order valence-corrected chi connectivity index (χ2v) is 5.73. The Balaban J connectivity index is 1.85. The number of aromatic nitrogens is 1. The van der Waals surface area contributed by atoms with Gasteiger partial charge in [-0.15, -0.1) is 0 Å². The third kappa shape index (κ3) is 3.96. The summed E-state index contributed by atoms with van der Waals surface area (Å²) in [6.07, 6.45) is 3.85. The van der Waals surface area contributed by atoms with E-state index in [1.54, 1.807) is 0 Å². The van der Waals surface area contributed by atoms with E-state index < -0.39 is 0 Å². The standard InChI is InChI=1S/C14H22N4S/c1-11-7-13(9-16-8-11)10-17-3-5-18(6-4-17)12(2)14(15)19/h7-9,12H,3-6,10H2,1-2H3,(H2,15,19). The molecule has 2 N–H and O–H groups in total. The molecule has 0 aliphatic carbocycles. The van der Waals surface area contributed by atoms with Crippen molar-refractivity contribution in [1.29, 1.82) is 0 Å². The summed E-state index contributed by atoms with van der Waals surface area (Å²) < 4.78 is 0. The van der Waals surface area contributed by atoms with E-state index in [1.165, 1.54) is 11.1 Å². The molecule has 1 aliphatic heterocycles. The summed E-state index contributed by atoms with van der Waals surface area (Å²) in [5, 5.41) is 0. The highest BCUT2D eigenvalue weighted by Gasteiger charge is 2.22. The van der Waals surface area contributed by atoms with Crippen molar-refractivity contribution < 1.29 is 0 Å². The Morgan fingerprint density at radius 3 is 2.63 bits per heavy atom. The first-order valence-corrected chi connectivity index (χ1v) is 7.13. The molecule has 0 bridgehead atoms. The number of nitrogens with two attached hydrogens (primary N) is 1. The first-order valence-electron chi connectivity index (χ1n) is 6.72. The molecule has 1 atom stereocenters. The lowest BCUT2D eigenvalue weighted by Crippen LogP contribution is -2.52. The fourth-order valence-corrected chi connectivity index (χ4v) is 2.60. The zero-order valence-corrected chi connectivity index (χ0v) is 12.5. The maximum Gasteiger partial charge on any atom is 0.0899 e. The Bertz CT molecular complexity index is 441. The topological polar surface area (TPSA) is 45.4 Å². The Hall–Kier alpha value is -1.04. The zero-order chi connectivity index (χ0) is 13.8. The largest absolute Gasteiger partial charge is 0.392 e. The normalized spacial score (nSPS) is 19.3. The Labute approximate surface area is 120 Å². The minimum atomic E-state index is 0.206. The molecule has 4 nitrogen and oxygen atoms in total. The zero-order valence-electron chi connectivity index (χ0n) is 11.7. The lowest BCUT2D eigenvalue weighted by Gasteiger charge is -2.37. The van der Waals surface area contributed by atoms with E-state index >= 15 is 0 Å². The lowest BCUT2D eigenvalue weighted by molar-refractivity contribution is 0.118. The van der Waals surface area contributed by atoms with Crippen LogP contribution >= 0.6 is 12.2 Å². The number of thiocarbonyl (C=S) groups is 1. The summed E-state index contributed by atoms with van der Waals surface area (Å²) >= 11 is 5.06. The molecule has 2 heterocycles. The molecule has 104 valence electrons. The molecule has 1 saturated heterocycles. The van der Waals surface area contributed by atoms with Crippen molar-refractivity contribution in [2.24, 2.45) is 5.73 Å². The van der Waals surface area contributed by atoms with Crippen LogP contribution in [0.4, 0.5) is 0 Å². The maximum atomic E-state index is 5.71. The van der Waals surface area contributed by atoms with E-state index in [2.05, 4.69) is 34.7 Å². The van der Waals surface area contributed by atoms with Crippen LogP contribution in [0.2, 0.25) is 0 Å². The third-order valence-corrected chi connectivity index (χ3v) is 4.05. The summed E-state index contributed by atoms with van der Waals surface area (Å²) in [7, 11) is 0. The molecule has 1 aliphatic rings. The molecule has 0 amide bonds. The van der Waals surface area contributed by atoms with E-state index in [4.69, 9.17) is 18.0 Å². The van der Waals surface area contributed by atoms with Crippen LogP contribution < -0.4 is 5.73 Å². The minimum absolute atomic E-state index is 0.206. The van der Waals surface area contributed by atoms with Crippen LogP contribution in [0.25, 0.3) is 0 Å². The molecule has 2 rings (SSSR count). The van der Waals surface area contributed by atoms with Gasteiger partial charge in [-0.25, -0.2) is 0 Å². The van der Waals surface area contributed by atoms with Gasteiger partial charge in [0.05, 0.1) is 11.0 Å². The smallest absolute Gasteiger partial charge is 0.0899 e.